The van der Waals surface area contributed by atoms with Crippen molar-refractivity contribution in [1.29, 1.82) is 0 Å². The Balaban J connectivity index is 2.45. The molecule has 0 aliphatic carbocycles. The minimum Gasteiger partial charge on any atom is -0.429 e. The van der Waals surface area contributed by atoms with Crippen LogP contribution in [0.2, 0.25) is 0 Å². The Hall–Kier alpha value is -1.39. The maximum Gasteiger partial charge on any atom is 0.429 e. The van der Waals surface area contributed by atoms with E-state index in [1.165, 1.54) is 0 Å². The normalized spacial score (nSPS) is 11.8. The molecule has 0 aliphatic heterocycles. The summed E-state index contributed by atoms with van der Waals surface area (Å²) in [5, 5.41) is 8.66. The monoisotopic (exact) mass is 203 g/mol. The zero-order valence-corrected chi connectivity index (χ0v) is 7.26. The minimum atomic E-state index is -2.50. The topological polar surface area (TPSA) is 81.8 Å². The largest absolute Gasteiger partial charge is 0.429 e. The first-order valence-corrected chi connectivity index (χ1v) is 4.36. The Bertz CT molecular complexity index is 280. The molecule has 0 amide bonds. The zero-order valence-electron chi connectivity index (χ0n) is 6.36. The van der Waals surface area contributed by atoms with Crippen molar-refractivity contribution >= 4 is 8.60 Å². The second-order valence-corrected chi connectivity index (χ2v) is 2.77. The van der Waals surface area contributed by atoms with E-state index in [-0.39, 0.29) is 0 Å². The van der Waals surface area contributed by atoms with Crippen LogP contribution in [0.1, 0.15) is 0 Å². The number of rotatable bonds is 4. The van der Waals surface area contributed by atoms with E-state index in [0.717, 1.165) is 0 Å². The summed E-state index contributed by atoms with van der Waals surface area (Å²) in [6.07, 6.45) is 0. The molecule has 0 heterocycles. The predicted molar refractivity (Wildman–Crippen MR) is 44.3 cm³/mol. The Kier molecular flexibility index (Phi) is 3.42. The third-order valence-electron chi connectivity index (χ3n) is 1.06. The van der Waals surface area contributed by atoms with Crippen molar-refractivity contribution < 1.29 is 19.1 Å². The maximum absolute atomic E-state index is 9.76. The molecule has 0 saturated carbocycles. The molecule has 7 heteroatoms. The molecule has 1 unspecified atom stereocenters. The fraction of sp³-hybridized carbons (Fsp3) is 0. The van der Waals surface area contributed by atoms with Crippen molar-refractivity contribution in [2.24, 2.45) is 0 Å². The van der Waals surface area contributed by atoms with Crippen LogP contribution in [0, 0.1) is 10.1 Å². The van der Waals surface area contributed by atoms with E-state index >= 15 is 0 Å². The summed E-state index contributed by atoms with van der Waals surface area (Å²) < 4.78 is 8.46. The van der Waals surface area contributed by atoms with Crippen LogP contribution in [0.3, 0.4) is 0 Å². The molecular weight excluding hydrogens is 197 g/mol. The molecule has 70 valence electrons. The highest BCUT2D eigenvalue weighted by molar-refractivity contribution is 7.40. The first-order chi connectivity index (χ1) is 6.18. The number of hydrogen-bond donors (Lipinski definition) is 1. The Morgan fingerprint density at radius 2 is 2.00 bits per heavy atom. The molecule has 0 bridgehead atoms. The van der Waals surface area contributed by atoms with E-state index in [9.17, 15) is 10.1 Å². The van der Waals surface area contributed by atoms with Gasteiger partial charge in [0.25, 0.3) is 0 Å². The lowest BCUT2D eigenvalue weighted by Gasteiger charge is -2.07. The van der Waals surface area contributed by atoms with E-state index in [2.05, 4.69) is 9.15 Å². The Morgan fingerprint density at radius 3 is 2.54 bits per heavy atom. The average molecular weight is 203 g/mol. The molecule has 1 aromatic carbocycles. The van der Waals surface area contributed by atoms with Gasteiger partial charge in [-0.05, 0) is 12.1 Å². The molecule has 0 aliphatic rings. The van der Waals surface area contributed by atoms with Gasteiger partial charge in [0.1, 0.15) is 5.75 Å². The van der Waals surface area contributed by atoms with E-state index in [4.69, 9.17) is 4.89 Å². The summed E-state index contributed by atoms with van der Waals surface area (Å²) >= 11 is 0. The molecule has 0 spiro atoms. The summed E-state index contributed by atoms with van der Waals surface area (Å²) in [6, 6.07) is 8.19. The van der Waals surface area contributed by atoms with Crippen molar-refractivity contribution in [3.05, 3.63) is 40.4 Å². The fourth-order valence-electron chi connectivity index (χ4n) is 0.645. The lowest BCUT2D eigenvalue weighted by Crippen LogP contribution is -1.98. The number of benzene rings is 1. The first-order valence-electron chi connectivity index (χ1n) is 3.23. The van der Waals surface area contributed by atoms with Crippen molar-refractivity contribution in [3.8, 4) is 5.75 Å². The average Bonchev–Trinajstić information content (AvgIpc) is 2.04. The third-order valence-corrected chi connectivity index (χ3v) is 1.70. The van der Waals surface area contributed by atoms with Crippen LogP contribution < -0.4 is 4.52 Å². The minimum absolute atomic E-state index is 0.318. The van der Waals surface area contributed by atoms with Gasteiger partial charge >= 0.3 is 13.7 Å². The molecular formula is C6H6NO5P. The lowest BCUT2D eigenvalue weighted by molar-refractivity contribution is -0.715. The van der Waals surface area contributed by atoms with Gasteiger partial charge in [-0.3, -0.25) is 0 Å². The van der Waals surface area contributed by atoms with Crippen molar-refractivity contribution in [3.63, 3.8) is 0 Å². The van der Waals surface area contributed by atoms with E-state index in [0.29, 0.717) is 5.75 Å². The van der Waals surface area contributed by atoms with Crippen LogP contribution in [0.15, 0.2) is 30.3 Å². The van der Waals surface area contributed by atoms with Crippen LogP contribution >= 0.6 is 8.60 Å². The lowest BCUT2D eigenvalue weighted by atomic mass is 10.3. The number of hydrogen-bond acceptors (Lipinski definition) is 5. The molecule has 0 aromatic heterocycles. The zero-order chi connectivity index (χ0) is 9.68. The number of nitrogens with zero attached hydrogens (tertiary/aromatic N) is 1. The van der Waals surface area contributed by atoms with Crippen LogP contribution in [0.4, 0.5) is 0 Å². The molecule has 0 fully saturated rings. The van der Waals surface area contributed by atoms with Gasteiger partial charge in [-0.1, -0.05) is 18.2 Å². The van der Waals surface area contributed by atoms with Gasteiger partial charge in [-0.25, -0.2) is 4.62 Å². The summed E-state index contributed by atoms with van der Waals surface area (Å²) in [7, 11) is -2.50. The Labute approximate surface area is 74.8 Å². The van der Waals surface area contributed by atoms with E-state index < -0.39 is 13.7 Å². The van der Waals surface area contributed by atoms with Gasteiger partial charge in [-0.15, -0.1) is 10.1 Å². The molecule has 0 radical (unpaired) electrons. The second-order valence-electron chi connectivity index (χ2n) is 1.95. The SMILES string of the molecule is O=[N+]([O-])OP(O)Oc1ccccc1. The molecule has 1 N–H and O–H groups in total. The molecule has 1 rings (SSSR count). The fourth-order valence-corrected chi connectivity index (χ4v) is 1.09. The van der Waals surface area contributed by atoms with Gasteiger partial charge in [0.15, 0.2) is 0 Å². The maximum atomic E-state index is 9.76. The van der Waals surface area contributed by atoms with Crippen LogP contribution in [0.5, 0.6) is 5.75 Å². The smallest absolute Gasteiger partial charge is 0.429 e. The van der Waals surface area contributed by atoms with E-state index in [1.54, 1.807) is 30.3 Å². The van der Waals surface area contributed by atoms with Gasteiger partial charge in [-0.2, -0.15) is 0 Å². The summed E-state index contributed by atoms with van der Waals surface area (Å²) in [5.74, 6) is 0.318. The van der Waals surface area contributed by atoms with Crippen molar-refractivity contribution in [2.45, 2.75) is 0 Å². The quantitative estimate of drug-likeness (QED) is 0.455. The van der Waals surface area contributed by atoms with Crippen LogP contribution in [0.25, 0.3) is 0 Å². The number of para-hydroxylation sites is 1. The van der Waals surface area contributed by atoms with E-state index in [1.807, 2.05) is 0 Å². The predicted octanol–water partition coefficient (Wildman–Crippen LogP) is 1.49. The molecule has 0 saturated heterocycles. The molecule has 6 nitrogen and oxygen atoms in total. The van der Waals surface area contributed by atoms with Crippen LogP contribution in [-0.4, -0.2) is 9.98 Å². The highest BCUT2D eigenvalue weighted by atomic mass is 31.2. The van der Waals surface area contributed by atoms with Crippen LogP contribution in [-0.2, 0) is 4.62 Å². The Morgan fingerprint density at radius 1 is 1.38 bits per heavy atom. The molecule has 1 aromatic rings. The molecule has 1 atom stereocenters. The van der Waals surface area contributed by atoms with Gasteiger partial charge < -0.3 is 9.42 Å². The highest BCUT2D eigenvalue weighted by Crippen LogP contribution is 2.34. The summed E-state index contributed by atoms with van der Waals surface area (Å²) in [4.78, 5) is 18.6. The van der Waals surface area contributed by atoms with Gasteiger partial charge in [0, 0.05) is 0 Å². The highest BCUT2D eigenvalue weighted by Gasteiger charge is 2.12. The molecule has 13 heavy (non-hydrogen) atoms. The summed E-state index contributed by atoms with van der Waals surface area (Å²) in [5.41, 5.74) is 0. The third kappa shape index (κ3) is 3.68. The van der Waals surface area contributed by atoms with Gasteiger partial charge in [0.05, 0.1) is 0 Å². The van der Waals surface area contributed by atoms with Crippen molar-refractivity contribution in [1.82, 2.24) is 0 Å². The first kappa shape index (κ1) is 9.70. The standard InChI is InChI=1S/C6H6NO5P/c8-7(9)12-13(10)11-6-4-2-1-3-5-6/h1-5,10H. The van der Waals surface area contributed by atoms with Crippen molar-refractivity contribution in [2.75, 3.05) is 0 Å². The van der Waals surface area contributed by atoms with Gasteiger partial charge in [0.2, 0.25) is 0 Å². The second kappa shape index (κ2) is 4.59. The summed E-state index contributed by atoms with van der Waals surface area (Å²) in [6.45, 7) is 0.